The first-order chi connectivity index (χ1) is 4.59. The predicted molar refractivity (Wildman–Crippen MR) is 43.7 cm³/mol. The number of allylic oxidation sites excluding steroid dienone is 2. The van der Waals surface area contributed by atoms with Crippen LogP contribution in [0.25, 0.3) is 0 Å². The Morgan fingerprint density at radius 1 is 1.60 bits per heavy atom. The van der Waals surface area contributed by atoms with E-state index >= 15 is 0 Å². The van der Waals surface area contributed by atoms with E-state index in [1.807, 2.05) is 13.8 Å². The van der Waals surface area contributed by atoms with E-state index < -0.39 is 0 Å². The molecule has 0 aliphatic rings. The second kappa shape index (κ2) is 4.12. The third-order valence-corrected chi connectivity index (χ3v) is 1.35. The van der Waals surface area contributed by atoms with Crippen molar-refractivity contribution in [1.82, 2.24) is 0 Å². The zero-order valence-corrected chi connectivity index (χ0v) is 6.54. The number of aliphatic hydroxyl groups excluding tert-OH is 1. The van der Waals surface area contributed by atoms with Crippen LogP contribution in [0.1, 0.15) is 13.8 Å². The molecule has 2 heteroatoms. The van der Waals surface area contributed by atoms with E-state index in [9.17, 15) is 0 Å². The molecule has 0 aromatic heterocycles. The Hall–Kier alpha value is -0.760. The van der Waals surface area contributed by atoms with Crippen LogP contribution in [0.3, 0.4) is 0 Å². The Kier molecular flexibility index (Phi) is 3.81. The van der Waals surface area contributed by atoms with Crippen molar-refractivity contribution in [2.24, 2.45) is 11.7 Å². The van der Waals surface area contributed by atoms with E-state index in [0.717, 1.165) is 0 Å². The van der Waals surface area contributed by atoms with Crippen molar-refractivity contribution in [2.45, 2.75) is 19.9 Å². The first-order valence-electron chi connectivity index (χ1n) is 3.36. The van der Waals surface area contributed by atoms with E-state index in [1.54, 1.807) is 0 Å². The molecule has 0 aliphatic heterocycles. The molecule has 0 aromatic rings. The summed E-state index contributed by atoms with van der Waals surface area (Å²) in [6.07, 6.45) is 3.04. The molecule has 0 saturated heterocycles. The van der Waals surface area contributed by atoms with Crippen LogP contribution in [0.2, 0.25) is 0 Å². The third-order valence-electron chi connectivity index (χ3n) is 1.35. The number of hydrogen-bond acceptors (Lipinski definition) is 2. The summed E-state index contributed by atoms with van der Waals surface area (Å²) in [4.78, 5) is 0. The van der Waals surface area contributed by atoms with Gasteiger partial charge in [-0.3, -0.25) is 0 Å². The summed E-state index contributed by atoms with van der Waals surface area (Å²) in [6.45, 7) is 7.36. The second-order valence-corrected chi connectivity index (χ2v) is 2.60. The number of rotatable bonds is 3. The van der Waals surface area contributed by atoms with Crippen LogP contribution in [-0.4, -0.2) is 11.1 Å². The quantitative estimate of drug-likeness (QED) is 0.463. The van der Waals surface area contributed by atoms with Crippen LogP contribution < -0.4 is 5.73 Å². The molecule has 0 aromatic carbocycles. The zero-order chi connectivity index (χ0) is 8.15. The van der Waals surface area contributed by atoms with Gasteiger partial charge in [0.05, 0.1) is 6.04 Å². The Morgan fingerprint density at radius 3 is 2.40 bits per heavy atom. The van der Waals surface area contributed by atoms with Crippen LogP contribution in [-0.2, 0) is 0 Å². The minimum atomic E-state index is -0.266. The van der Waals surface area contributed by atoms with Gasteiger partial charge in [-0.1, -0.05) is 26.5 Å². The molecular weight excluding hydrogens is 126 g/mol. The summed E-state index contributed by atoms with van der Waals surface area (Å²) in [5, 5.41) is 9.15. The maximum absolute atomic E-state index is 9.15. The fourth-order valence-corrected chi connectivity index (χ4v) is 0.573. The van der Waals surface area contributed by atoms with E-state index in [0.29, 0.717) is 0 Å². The van der Waals surface area contributed by atoms with Gasteiger partial charge in [-0.2, -0.15) is 0 Å². The lowest BCUT2D eigenvalue weighted by atomic mass is 10.0. The SMILES string of the molecule is C=C/C=C(/O)C(N)C(C)C. The normalized spacial score (nSPS) is 15.4. The van der Waals surface area contributed by atoms with Crippen LogP contribution in [0, 0.1) is 5.92 Å². The van der Waals surface area contributed by atoms with Crippen molar-refractivity contribution in [3.8, 4) is 0 Å². The summed E-state index contributed by atoms with van der Waals surface area (Å²) >= 11 is 0. The maximum Gasteiger partial charge on any atom is 0.109 e. The standard InChI is InChI=1S/C8H15NO/c1-4-5-7(10)8(9)6(2)3/h4-6,8,10H,1,9H2,2-3H3/b7-5+. The van der Waals surface area contributed by atoms with Gasteiger partial charge in [0.2, 0.25) is 0 Å². The minimum absolute atomic E-state index is 0.199. The molecule has 58 valence electrons. The summed E-state index contributed by atoms with van der Waals surface area (Å²) in [5.41, 5.74) is 5.58. The van der Waals surface area contributed by atoms with Crippen LogP contribution >= 0.6 is 0 Å². The lowest BCUT2D eigenvalue weighted by Gasteiger charge is -2.13. The topological polar surface area (TPSA) is 46.2 Å². The van der Waals surface area contributed by atoms with Gasteiger partial charge in [0.25, 0.3) is 0 Å². The van der Waals surface area contributed by atoms with Crippen molar-refractivity contribution < 1.29 is 5.11 Å². The zero-order valence-electron chi connectivity index (χ0n) is 6.54. The van der Waals surface area contributed by atoms with Gasteiger partial charge in [-0.25, -0.2) is 0 Å². The molecule has 10 heavy (non-hydrogen) atoms. The fourth-order valence-electron chi connectivity index (χ4n) is 0.573. The van der Waals surface area contributed by atoms with Gasteiger partial charge in [0, 0.05) is 0 Å². The molecule has 0 bridgehead atoms. The summed E-state index contributed by atoms with van der Waals surface area (Å²) in [7, 11) is 0. The van der Waals surface area contributed by atoms with Crippen LogP contribution in [0.5, 0.6) is 0 Å². The summed E-state index contributed by atoms with van der Waals surface area (Å²) in [5.74, 6) is 0.459. The van der Waals surface area contributed by atoms with Gasteiger partial charge in [0.15, 0.2) is 0 Å². The Labute approximate surface area is 62.0 Å². The smallest absolute Gasteiger partial charge is 0.109 e. The maximum atomic E-state index is 9.15. The molecule has 1 atom stereocenters. The van der Waals surface area contributed by atoms with Crippen LogP contribution in [0.15, 0.2) is 24.5 Å². The number of nitrogens with two attached hydrogens (primary N) is 1. The average Bonchev–Trinajstić information content (AvgIpc) is 1.87. The second-order valence-electron chi connectivity index (χ2n) is 2.60. The van der Waals surface area contributed by atoms with Crippen molar-refractivity contribution >= 4 is 0 Å². The molecule has 2 nitrogen and oxygen atoms in total. The Bertz CT molecular complexity index is 138. The van der Waals surface area contributed by atoms with Gasteiger partial charge in [-0.05, 0) is 12.0 Å². The first kappa shape index (κ1) is 9.24. The molecule has 3 N–H and O–H groups in total. The molecule has 0 aliphatic carbocycles. The molecule has 0 heterocycles. The predicted octanol–water partition coefficient (Wildman–Crippen LogP) is 1.60. The van der Waals surface area contributed by atoms with Crippen molar-refractivity contribution in [3.63, 3.8) is 0 Å². The number of aliphatic hydroxyl groups is 1. The van der Waals surface area contributed by atoms with Crippen molar-refractivity contribution in [1.29, 1.82) is 0 Å². The molecule has 1 unspecified atom stereocenters. The van der Waals surface area contributed by atoms with E-state index in [2.05, 4.69) is 6.58 Å². The lowest BCUT2D eigenvalue weighted by molar-refractivity contribution is 0.333. The Balaban J connectivity index is 4.06. The molecule has 0 rings (SSSR count). The highest BCUT2D eigenvalue weighted by Crippen LogP contribution is 2.05. The highest BCUT2D eigenvalue weighted by Gasteiger charge is 2.10. The van der Waals surface area contributed by atoms with Crippen LogP contribution in [0.4, 0.5) is 0 Å². The molecule has 0 spiro atoms. The van der Waals surface area contributed by atoms with E-state index in [1.165, 1.54) is 12.2 Å². The largest absolute Gasteiger partial charge is 0.511 e. The van der Waals surface area contributed by atoms with E-state index in [-0.39, 0.29) is 17.7 Å². The molecule has 0 radical (unpaired) electrons. The van der Waals surface area contributed by atoms with E-state index in [4.69, 9.17) is 10.8 Å². The monoisotopic (exact) mass is 141 g/mol. The van der Waals surface area contributed by atoms with Gasteiger partial charge >= 0.3 is 0 Å². The van der Waals surface area contributed by atoms with Crippen molar-refractivity contribution in [2.75, 3.05) is 0 Å². The molecule has 0 saturated carbocycles. The van der Waals surface area contributed by atoms with Gasteiger partial charge < -0.3 is 10.8 Å². The average molecular weight is 141 g/mol. The van der Waals surface area contributed by atoms with Gasteiger partial charge in [-0.15, -0.1) is 0 Å². The summed E-state index contributed by atoms with van der Waals surface area (Å²) in [6, 6.07) is -0.266. The molecular formula is C8H15NO. The Morgan fingerprint density at radius 2 is 2.10 bits per heavy atom. The number of hydrogen-bond donors (Lipinski definition) is 2. The van der Waals surface area contributed by atoms with Crippen molar-refractivity contribution in [3.05, 3.63) is 24.5 Å². The first-order valence-corrected chi connectivity index (χ1v) is 3.36. The van der Waals surface area contributed by atoms with Gasteiger partial charge in [0.1, 0.15) is 5.76 Å². The molecule has 0 fully saturated rings. The summed E-state index contributed by atoms with van der Waals surface area (Å²) < 4.78 is 0. The fraction of sp³-hybridized carbons (Fsp3) is 0.500. The highest BCUT2D eigenvalue weighted by molar-refractivity contribution is 5.09. The minimum Gasteiger partial charge on any atom is -0.511 e. The third kappa shape index (κ3) is 2.69. The molecule has 0 amide bonds. The lowest BCUT2D eigenvalue weighted by Crippen LogP contribution is -2.28. The highest BCUT2D eigenvalue weighted by atomic mass is 16.3.